The molecule has 1 aliphatic rings. The number of methoxy groups -OCH3 is 3. The van der Waals surface area contributed by atoms with Crippen LogP contribution in [-0.2, 0) is 23.8 Å². The number of halogens is 3. The summed E-state index contributed by atoms with van der Waals surface area (Å²) >= 11 is 0. The van der Waals surface area contributed by atoms with Crippen LogP contribution in [-0.4, -0.2) is 80.6 Å². The number of benzene rings is 2. The molecule has 1 saturated heterocycles. The molecule has 2 heterocycles. The SMILES string of the molecule is CO[C@@H]1[C@@H](OC)[C@H](C)O[C@@H](O/N=C/c2ccc(-c3cn(-c4ccc(OCC(F)(F)F)cc4)cn3)cc2)[C@@H]1OC. The molecule has 39 heavy (non-hydrogen) atoms. The van der Waals surface area contributed by atoms with Gasteiger partial charge in [-0.25, -0.2) is 4.98 Å². The maximum absolute atomic E-state index is 12.3. The molecular weight excluding hydrogens is 519 g/mol. The number of nitrogens with zero attached hydrogens (tertiary/aromatic N) is 3. The number of hydrogen-bond donors (Lipinski definition) is 0. The second kappa shape index (κ2) is 12.6. The number of hydrogen-bond acceptors (Lipinski definition) is 8. The Labute approximate surface area is 224 Å². The lowest BCUT2D eigenvalue weighted by molar-refractivity contribution is -0.305. The minimum atomic E-state index is -4.39. The van der Waals surface area contributed by atoms with Gasteiger partial charge in [0.05, 0.1) is 24.3 Å². The summed E-state index contributed by atoms with van der Waals surface area (Å²) in [5, 5.41) is 4.08. The molecule has 1 fully saturated rings. The van der Waals surface area contributed by atoms with Gasteiger partial charge in [0.15, 0.2) is 12.7 Å². The summed E-state index contributed by atoms with van der Waals surface area (Å²) in [6.45, 7) is 0.535. The molecule has 3 aromatic rings. The molecule has 0 bridgehead atoms. The molecule has 0 saturated carbocycles. The highest BCUT2D eigenvalue weighted by Gasteiger charge is 2.46. The van der Waals surface area contributed by atoms with Gasteiger partial charge in [-0.15, -0.1) is 0 Å². The molecule has 0 radical (unpaired) electrons. The van der Waals surface area contributed by atoms with Crippen molar-refractivity contribution in [1.82, 2.24) is 9.55 Å². The van der Waals surface area contributed by atoms with Gasteiger partial charge in [-0.1, -0.05) is 29.4 Å². The van der Waals surface area contributed by atoms with E-state index in [1.165, 1.54) is 12.1 Å². The van der Waals surface area contributed by atoms with Crippen molar-refractivity contribution < 1.29 is 41.7 Å². The fourth-order valence-electron chi connectivity index (χ4n) is 4.28. The Hall–Kier alpha value is -3.45. The first-order valence-corrected chi connectivity index (χ1v) is 12.1. The number of rotatable bonds is 10. The molecule has 5 atom stereocenters. The van der Waals surface area contributed by atoms with Crippen LogP contribution in [0.5, 0.6) is 5.75 Å². The van der Waals surface area contributed by atoms with E-state index in [1.54, 1.807) is 50.6 Å². The largest absolute Gasteiger partial charge is 0.484 e. The zero-order chi connectivity index (χ0) is 28.0. The highest BCUT2D eigenvalue weighted by molar-refractivity contribution is 5.80. The second-order valence-corrected chi connectivity index (χ2v) is 8.84. The van der Waals surface area contributed by atoms with Crippen LogP contribution in [0.25, 0.3) is 16.9 Å². The Morgan fingerprint density at radius 2 is 1.62 bits per heavy atom. The van der Waals surface area contributed by atoms with E-state index < -0.39 is 25.2 Å². The van der Waals surface area contributed by atoms with Crippen molar-refractivity contribution >= 4 is 6.21 Å². The molecule has 12 heteroatoms. The summed E-state index contributed by atoms with van der Waals surface area (Å²) in [7, 11) is 4.72. The third-order valence-corrected chi connectivity index (χ3v) is 6.24. The molecule has 210 valence electrons. The van der Waals surface area contributed by atoms with Crippen molar-refractivity contribution in [2.45, 2.75) is 43.8 Å². The van der Waals surface area contributed by atoms with Crippen molar-refractivity contribution in [1.29, 1.82) is 0 Å². The zero-order valence-electron chi connectivity index (χ0n) is 21.9. The van der Waals surface area contributed by atoms with E-state index in [1.807, 2.05) is 37.4 Å². The van der Waals surface area contributed by atoms with Gasteiger partial charge < -0.3 is 33.1 Å². The predicted molar refractivity (Wildman–Crippen MR) is 136 cm³/mol. The Morgan fingerprint density at radius 3 is 2.23 bits per heavy atom. The van der Waals surface area contributed by atoms with Crippen molar-refractivity contribution in [3.8, 4) is 22.7 Å². The van der Waals surface area contributed by atoms with E-state index in [2.05, 4.69) is 10.1 Å². The molecule has 0 amide bonds. The fourth-order valence-corrected chi connectivity index (χ4v) is 4.28. The smallest absolute Gasteiger partial charge is 0.422 e. The van der Waals surface area contributed by atoms with Crippen molar-refractivity contribution in [2.75, 3.05) is 27.9 Å². The first-order chi connectivity index (χ1) is 18.7. The molecule has 2 aromatic carbocycles. The molecule has 1 aromatic heterocycles. The van der Waals surface area contributed by atoms with E-state index in [-0.39, 0.29) is 24.1 Å². The lowest BCUT2D eigenvalue weighted by Crippen LogP contribution is -2.59. The molecule has 0 unspecified atom stereocenters. The van der Waals surface area contributed by atoms with E-state index in [9.17, 15) is 13.2 Å². The molecule has 4 rings (SSSR count). The van der Waals surface area contributed by atoms with E-state index in [0.717, 1.165) is 22.5 Å². The van der Waals surface area contributed by atoms with Crippen LogP contribution in [0, 0.1) is 0 Å². The van der Waals surface area contributed by atoms with Crippen LogP contribution in [0.15, 0.2) is 66.2 Å². The van der Waals surface area contributed by atoms with Gasteiger partial charge >= 0.3 is 6.18 Å². The van der Waals surface area contributed by atoms with Crippen LogP contribution in [0.1, 0.15) is 12.5 Å². The molecule has 1 aliphatic heterocycles. The molecule has 0 aliphatic carbocycles. The highest BCUT2D eigenvalue weighted by Crippen LogP contribution is 2.28. The highest BCUT2D eigenvalue weighted by atomic mass is 19.4. The summed E-state index contributed by atoms with van der Waals surface area (Å²) in [6.07, 6.45) is -1.65. The summed E-state index contributed by atoms with van der Waals surface area (Å²) in [6, 6.07) is 13.8. The van der Waals surface area contributed by atoms with Gasteiger partial charge in [0.2, 0.25) is 0 Å². The van der Waals surface area contributed by atoms with Crippen LogP contribution in [0.3, 0.4) is 0 Å². The lowest BCUT2D eigenvalue weighted by Gasteiger charge is -2.42. The Morgan fingerprint density at radius 1 is 0.949 bits per heavy atom. The maximum Gasteiger partial charge on any atom is 0.422 e. The predicted octanol–water partition coefficient (Wildman–Crippen LogP) is 4.62. The normalized spacial score (nSPS) is 23.7. The first-order valence-electron chi connectivity index (χ1n) is 12.1. The van der Waals surface area contributed by atoms with Gasteiger partial charge in [-0.3, -0.25) is 0 Å². The van der Waals surface area contributed by atoms with Crippen molar-refractivity contribution in [3.05, 3.63) is 66.6 Å². The topological polar surface area (TPSA) is 85.6 Å². The summed E-state index contributed by atoms with van der Waals surface area (Å²) in [5.41, 5.74) is 3.12. The number of oxime groups is 1. The third-order valence-electron chi connectivity index (χ3n) is 6.24. The molecule has 9 nitrogen and oxygen atoms in total. The van der Waals surface area contributed by atoms with Gasteiger partial charge in [-0.05, 0) is 36.8 Å². The quantitative estimate of drug-likeness (QED) is 0.270. The lowest BCUT2D eigenvalue weighted by atomic mass is 9.99. The zero-order valence-corrected chi connectivity index (χ0v) is 21.9. The van der Waals surface area contributed by atoms with E-state index in [4.69, 9.17) is 28.5 Å². The molecule has 0 N–H and O–H groups in total. The van der Waals surface area contributed by atoms with Gasteiger partial charge in [0, 0.05) is 38.8 Å². The number of alkyl halides is 3. The number of ether oxygens (including phenoxy) is 5. The standard InChI is InChI=1S/C27H30F3N3O6/c1-17-23(34-2)24(35-3)25(36-4)26(38-17)39-32-13-18-5-7-19(8-6-18)22-14-33(16-31-22)20-9-11-21(12-10-20)37-15-27(28,29)30/h5-14,16-17,23-26H,15H2,1-4H3/b32-13+/t17-,23-,24+,25+,26-/m0/s1. The number of imidazole rings is 1. The fraction of sp³-hybridized carbons (Fsp3) is 0.407. The monoisotopic (exact) mass is 549 g/mol. The Balaban J connectivity index is 1.36. The van der Waals surface area contributed by atoms with Crippen LogP contribution in [0.2, 0.25) is 0 Å². The third kappa shape index (κ3) is 7.15. The van der Waals surface area contributed by atoms with Gasteiger partial charge in [0.1, 0.15) is 18.0 Å². The Kier molecular flexibility index (Phi) is 9.23. The average Bonchev–Trinajstić information content (AvgIpc) is 3.42. The van der Waals surface area contributed by atoms with Crippen molar-refractivity contribution in [2.24, 2.45) is 5.16 Å². The van der Waals surface area contributed by atoms with Crippen LogP contribution >= 0.6 is 0 Å². The summed E-state index contributed by atoms with van der Waals surface area (Å²) in [5.74, 6) is 0.137. The van der Waals surface area contributed by atoms with E-state index >= 15 is 0 Å². The maximum atomic E-state index is 12.3. The minimum Gasteiger partial charge on any atom is -0.484 e. The molecular formula is C27H30F3N3O6. The van der Waals surface area contributed by atoms with Crippen LogP contribution in [0.4, 0.5) is 13.2 Å². The van der Waals surface area contributed by atoms with Gasteiger partial charge in [-0.2, -0.15) is 13.2 Å². The summed E-state index contributed by atoms with van der Waals surface area (Å²) < 4.78 is 66.0. The summed E-state index contributed by atoms with van der Waals surface area (Å²) in [4.78, 5) is 10.0. The van der Waals surface area contributed by atoms with Crippen LogP contribution < -0.4 is 4.74 Å². The van der Waals surface area contributed by atoms with Crippen molar-refractivity contribution in [3.63, 3.8) is 0 Å². The van der Waals surface area contributed by atoms with Gasteiger partial charge in [0.25, 0.3) is 6.29 Å². The minimum absolute atomic E-state index is 0.137. The number of aromatic nitrogens is 2. The second-order valence-electron chi connectivity index (χ2n) is 8.84. The average molecular weight is 550 g/mol. The molecule has 0 spiro atoms. The Bertz CT molecular complexity index is 1220. The first kappa shape index (κ1) is 28.6. The van der Waals surface area contributed by atoms with E-state index in [0.29, 0.717) is 0 Å².